The van der Waals surface area contributed by atoms with Crippen molar-refractivity contribution in [3.05, 3.63) is 35.6 Å². The zero-order valence-corrected chi connectivity index (χ0v) is 11.3. The number of halogens is 1. The number of thiocarbonyl (C=S) groups is 1. The molecule has 0 aliphatic heterocycles. The van der Waals surface area contributed by atoms with E-state index in [9.17, 15) is 9.18 Å². The molecule has 0 unspecified atom stereocenters. The molecule has 0 aromatic heterocycles. The summed E-state index contributed by atoms with van der Waals surface area (Å²) >= 11 is 4.90. The summed E-state index contributed by atoms with van der Waals surface area (Å²) in [7, 11) is 0. The highest BCUT2D eigenvalue weighted by molar-refractivity contribution is 7.80. The number of benzene rings is 1. The number of carbonyl (C=O) groups is 1. The molecule has 0 bridgehead atoms. The molecule has 0 fully saturated rings. The first-order valence-corrected chi connectivity index (χ1v) is 6.04. The highest BCUT2D eigenvalue weighted by Gasteiger charge is 2.22. The van der Waals surface area contributed by atoms with Gasteiger partial charge in [-0.1, -0.05) is 44.3 Å². The summed E-state index contributed by atoms with van der Waals surface area (Å²) in [5.74, 6) is -0.620. The van der Waals surface area contributed by atoms with Crippen LogP contribution >= 0.6 is 12.2 Å². The molecule has 98 valence electrons. The number of amides is 1. The van der Waals surface area contributed by atoms with Crippen LogP contribution in [0.1, 0.15) is 19.4 Å². The van der Waals surface area contributed by atoms with Gasteiger partial charge in [-0.05, 0) is 11.6 Å². The molecule has 1 aromatic carbocycles. The lowest BCUT2D eigenvalue weighted by molar-refractivity contribution is -0.120. The minimum absolute atomic E-state index is 0.0140. The average molecular weight is 268 g/mol. The molecular formula is C13H17FN2OS. The molecule has 0 radical (unpaired) electrons. The van der Waals surface area contributed by atoms with Gasteiger partial charge in [0.15, 0.2) is 0 Å². The van der Waals surface area contributed by atoms with Crippen molar-refractivity contribution >= 4 is 23.1 Å². The van der Waals surface area contributed by atoms with Crippen molar-refractivity contribution in [3.63, 3.8) is 0 Å². The molecule has 0 atom stereocenters. The molecule has 5 heteroatoms. The van der Waals surface area contributed by atoms with Gasteiger partial charge in [-0.15, -0.1) is 0 Å². The van der Waals surface area contributed by atoms with Gasteiger partial charge in [-0.25, -0.2) is 4.39 Å². The Bertz CT molecular complexity index is 460. The Labute approximate surface area is 112 Å². The summed E-state index contributed by atoms with van der Waals surface area (Å²) in [6.45, 7) is 4.03. The summed E-state index contributed by atoms with van der Waals surface area (Å²) in [6.07, 6.45) is 0.0140. The van der Waals surface area contributed by atoms with Crippen molar-refractivity contribution in [3.8, 4) is 0 Å². The topological polar surface area (TPSA) is 55.1 Å². The second kappa shape index (κ2) is 5.91. The van der Waals surface area contributed by atoms with Crippen LogP contribution in [0.4, 0.5) is 4.39 Å². The number of nitrogens with one attached hydrogen (secondary N) is 1. The second-order valence-corrected chi connectivity index (χ2v) is 5.23. The monoisotopic (exact) mass is 268 g/mol. The number of carbonyl (C=O) groups excluding carboxylic acids is 1. The highest BCUT2D eigenvalue weighted by atomic mass is 32.1. The molecule has 0 heterocycles. The summed E-state index contributed by atoms with van der Waals surface area (Å²) in [4.78, 5) is 12.0. The maximum absolute atomic E-state index is 13.3. The van der Waals surface area contributed by atoms with E-state index in [0.29, 0.717) is 17.1 Å². The van der Waals surface area contributed by atoms with Gasteiger partial charge < -0.3 is 11.1 Å². The molecule has 0 aliphatic carbocycles. The van der Waals surface area contributed by atoms with Gasteiger partial charge in [0, 0.05) is 12.0 Å². The van der Waals surface area contributed by atoms with Gasteiger partial charge in [0.05, 0.1) is 11.4 Å². The van der Waals surface area contributed by atoms with E-state index in [1.54, 1.807) is 18.2 Å². The molecule has 0 saturated heterocycles. The van der Waals surface area contributed by atoms with Crippen molar-refractivity contribution in [1.29, 1.82) is 0 Å². The number of hydrogen-bond acceptors (Lipinski definition) is 2. The third kappa shape index (κ3) is 4.07. The van der Waals surface area contributed by atoms with Crippen molar-refractivity contribution in [1.82, 2.24) is 5.32 Å². The smallest absolute Gasteiger partial charge is 0.224 e. The molecule has 18 heavy (non-hydrogen) atoms. The van der Waals surface area contributed by atoms with Crippen LogP contribution in [0.5, 0.6) is 0 Å². The Kier molecular flexibility index (Phi) is 4.78. The molecular weight excluding hydrogens is 251 g/mol. The molecule has 3 nitrogen and oxygen atoms in total. The molecule has 1 rings (SSSR count). The summed E-state index contributed by atoms with van der Waals surface area (Å²) < 4.78 is 13.3. The van der Waals surface area contributed by atoms with E-state index >= 15 is 0 Å². The Balaban J connectivity index is 2.54. The fraction of sp³-hybridized carbons (Fsp3) is 0.385. The first-order chi connectivity index (χ1) is 8.33. The van der Waals surface area contributed by atoms with Crippen LogP contribution in [0.25, 0.3) is 0 Å². The van der Waals surface area contributed by atoms with Crippen LogP contribution in [0.15, 0.2) is 24.3 Å². The van der Waals surface area contributed by atoms with Crippen LogP contribution in [0, 0.1) is 11.2 Å². The maximum Gasteiger partial charge on any atom is 0.224 e. The maximum atomic E-state index is 13.3. The molecule has 0 spiro atoms. The van der Waals surface area contributed by atoms with E-state index in [4.69, 9.17) is 18.0 Å². The van der Waals surface area contributed by atoms with Crippen LogP contribution in [-0.2, 0) is 11.2 Å². The van der Waals surface area contributed by atoms with Crippen LogP contribution in [0.2, 0.25) is 0 Å². The predicted octanol–water partition coefficient (Wildman–Crippen LogP) is 1.80. The minimum atomic E-state index is -0.444. The summed E-state index contributed by atoms with van der Waals surface area (Å²) in [5.41, 5.74) is 5.49. The van der Waals surface area contributed by atoms with Gasteiger partial charge >= 0.3 is 0 Å². The minimum Gasteiger partial charge on any atom is -0.393 e. The molecule has 0 saturated carbocycles. The molecule has 0 aliphatic rings. The third-order valence-electron chi connectivity index (χ3n) is 2.70. The zero-order valence-electron chi connectivity index (χ0n) is 10.5. The lowest BCUT2D eigenvalue weighted by atomic mass is 9.93. The van der Waals surface area contributed by atoms with Crippen LogP contribution in [-0.4, -0.2) is 17.4 Å². The molecule has 1 aromatic rings. The Morgan fingerprint density at radius 3 is 2.61 bits per heavy atom. The SMILES string of the molecule is CC(C)(CNC(=O)Cc1ccccc1F)C(N)=S. The fourth-order valence-corrected chi connectivity index (χ4v) is 1.36. The van der Waals surface area contributed by atoms with Crippen molar-refractivity contribution < 1.29 is 9.18 Å². The number of nitrogens with two attached hydrogens (primary N) is 1. The lowest BCUT2D eigenvalue weighted by Crippen LogP contribution is -2.42. The number of hydrogen-bond donors (Lipinski definition) is 2. The Morgan fingerprint density at radius 1 is 1.44 bits per heavy atom. The van der Waals surface area contributed by atoms with Crippen molar-refractivity contribution in [2.24, 2.45) is 11.1 Å². The first kappa shape index (κ1) is 14.6. The van der Waals surface area contributed by atoms with Crippen LogP contribution < -0.4 is 11.1 Å². The first-order valence-electron chi connectivity index (χ1n) is 5.63. The second-order valence-electron chi connectivity index (χ2n) is 4.79. The van der Waals surface area contributed by atoms with E-state index in [1.807, 2.05) is 13.8 Å². The normalized spacial score (nSPS) is 11.1. The van der Waals surface area contributed by atoms with Gasteiger partial charge in [0.1, 0.15) is 5.82 Å². The average Bonchev–Trinajstić information content (AvgIpc) is 2.29. The predicted molar refractivity (Wildman–Crippen MR) is 73.7 cm³/mol. The van der Waals surface area contributed by atoms with Crippen molar-refractivity contribution in [2.75, 3.05) is 6.54 Å². The standard InChI is InChI=1S/C13H17FN2OS/c1-13(2,12(15)18)8-16-11(17)7-9-5-3-4-6-10(9)14/h3-6H,7-8H2,1-2H3,(H2,15,18)(H,16,17). The Hall–Kier alpha value is -1.49. The van der Waals surface area contributed by atoms with E-state index in [-0.39, 0.29) is 18.1 Å². The lowest BCUT2D eigenvalue weighted by Gasteiger charge is -2.23. The fourth-order valence-electron chi connectivity index (χ4n) is 1.28. The highest BCUT2D eigenvalue weighted by Crippen LogP contribution is 2.13. The van der Waals surface area contributed by atoms with Gasteiger partial charge in [-0.2, -0.15) is 0 Å². The van der Waals surface area contributed by atoms with Crippen molar-refractivity contribution in [2.45, 2.75) is 20.3 Å². The van der Waals surface area contributed by atoms with Crippen LogP contribution in [0.3, 0.4) is 0 Å². The molecule has 3 N–H and O–H groups in total. The van der Waals surface area contributed by atoms with E-state index in [1.165, 1.54) is 6.07 Å². The third-order valence-corrected chi connectivity index (χ3v) is 3.26. The number of rotatable bonds is 5. The summed E-state index contributed by atoms with van der Waals surface area (Å²) in [5, 5.41) is 2.71. The van der Waals surface area contributed by atoms with Gasteiger partial charge in [0.2, 0.25) is 5.91 Å². The van der Waals surface area contributed by atoms with E-state index in [2.05, 4.69) is 5.32 Å². The Morgan fingerprint density at radius 2 is 2.06 bits per heavy atom. The quantitative estimate of drug-likeness (QED) is 0.801. The molecule has 1 amide bonds. The summed E-state index contributed by atoms with van der Waals surface area (Å²) in [6, 6.07) is 6.21. The van der Waals surface area contributed by atoms with E-state index < -0.39 is 5.41 Å². The van der Waals surface area contributed by atoms with Gasteiger partial charge in [-0.3, -0.25) is 4.79 Å². The largest absolute Gasteiger partial charge is 0.393 e. The van der Waals surface area contributed by atoms with Gasteiger partial charge in [0.25, 0.3) is 0 Å². The zero-order chi connectivity index (χ0) is 13.8. The van der Waals surface area contributed by atoms with E-state index in [0.717, 1.165) is 0 Å².